The third-order valence-electron chi connectivity index (χ3n) is 2.61. The molecule has 2 aromatic rings. The van der Waals surface area contributed by atoms with Gasteiger partial charge in [-0.25, -0.2) is 0 Å². The lowest BCUT2D eigenvalue weighted by Crippen LogP contribution is -1.98. The van der Waals surface area contributed by atoms with E-state index < -0.39 is 0 Å². The topological polar surface area (TPSA) is 52.0 Å². The Morgan fingerprint density at radius 3 is 1.35 bits per heavy atom. The van der Waals surface area contributed by atoms with E-state index in [-0.39, 0.29) is 24.8 Å². The summed E-state index contributed by atoms with van der Waals surface area (Å²) >= 11 is 0. The van der Waals surface area contributed by atoms with E-state index in [4.69, 9.17) is 11.5 Å². The fraction of sp³-hybridized carbons (Fsp3) is 0.143. The molecule has 0 aliphatic carbocycles. The van der Waals surface area contributed by atoms with Gasteiger partial charge in [0.15, 0.2) is 0 Å². The molecule has 2 rings (SSSR count). The Morgan fingerprint density at radius 2 is 1.00 bits per heavy atom. The Bertz CT molecular complexity index is 477. The van der Waals surface area contributed by atoms with Crippen LogP contribution in [-0.2, 0) is 13.1 Å². The van der Waals surface area contributed by atoms with Crippen molar-refractivity contribution < 1.29 is 0 Å². The van der Waals surface area contributed by atoms with E-state index in [0.717, 1.165) is 0 Å². The van der Waals surface area contributed by atoms with Crippen LogP contribution in [0.5, 0.6) is 0 Å². The van der Waals surface area contributed by atoms with Gasteiger partial charge in [0.25, 0.3) is 0 Å². The van der Waals surface area contributed by atoms with Gasteiger partial charge in [0, 0.05) is 22.9 Å². The van der Waals surface area contributed by atoms with Gasteiger partial charge in [-0.05, 0) is 23.3 Å². The molecular formula is C14H18Cl2N2S2. The number of hydrogen-bond donors (Lipinski definition) is 2. The summed E-state index contributed by atoms with van der Waals surface area (Å²) in [4.78, 5) is 2.44. The van der Waals surface area contributed by atoms with Crippen LogP contribution < -0.4 is 11.5 Å². The van der Waals surface area contributed by atoms with Crippen LogP contribution in [0, 0.1) is 0 Å². The van der Waals surface area contributed by atoms with Crippen LogP contribution in [0.15, 0.2) is 58.3 Å². The van der Waals surface area contributed by atoms with Crippen LogP contribution in [0.25, 0.3) is 0 Å². The first kappa shape index (κ1) is 19.6. The first-order valence-corrected chi connectivity index (χ1v) is 7.90. The van der Waals surface area contributed by atoms with E-state index in [1.807, 2.05) is 24.3 Å². The van der Waals surface area contributed by atoms with Gasteiger partial charge in [0.2, 0.25) is 0 Å². The fourth-order valence-electron chi connectivity index (χ4n) is 1.60. The Labute approximate surface area is 140 Å². The van der Waals surface area contributed by atoms with Crippen LogP contribution >= 0.6 is 46.4 Å². The minimum atomic E-state index is 0. The average molecular weight is 349 g/mol. The Hall–Kier alpha value is -0.360. The summed E-state index contributed by atoms with van der Waals surface area (Å²) in [7, 11) is 3.47. The van der Waals surface area contributed by atoms with Gasteiger partial charge >= 0.3 is 0 Å². The van der Waals surface area contributed by atoms with Crippen molar-refractivity contribution >= 4 is 46.4 Å². The summed E-state index contributed by atoms with van der Waals surface area (Å²) in [6.45, 7) is 1.14. The standard InChI is InChI=1S/C14H16N2S2.2ClH/c15-9-11-5-1-3-7-13(11)17-18-14-8-4-2-6-12(14)10-16;;/h1-8H,9-10,15-16H2;2*1H. The van der Waals surface area contributed by atoms with Crippen molar-refractivity contribution in [1.29, 1.82) is 0 Å². The molecule has 0 saturated carbocycles. The molecule has 0 fully saturated rings. The highest BCUT2D eigenvalue weighted by atomic mass is 35.5. The number of nitrogens with two attached hydrogens (primary N) is 2. The first-order chi connectivity index (χ1) is 8.85. The lowest BCUT2D eigenvalue weighted by molar-refractivity contribution is 1.03. The van der Waals surface area contributed by atoms with Crippen molar-refractivity contribution in [3.05, 3.63) is 59.7 Å². The van der Waals surface area contributed by atoms with Crippen molar-refractivity contribution in [3.8, 4) is 0 Å². The third-order valence-corrected chi connectivity index (χ3v) is 5.17. The predicted molar refractivity (Wildman–Crippen MR) is 94.9 cm³/mol. The second-order valence-electron chi connectivity index (χ2n) is 3.79. The molecule has 6 heteroatoms. The largest absolute Gasteiger partial charge is 0.326 e. The number of halogens is 2. The molecule has 0 aromatic heterocycles. The van der Waals surface area contributed by atoms with Crippen molar-refractivity contribution in [3.63, 3.8) is 0 Å². The van der Waals surface area contributed by atoms with Crippen LogP contribution in [0.4, 0.5) is 0 Å². The molecule has 0 aliphatic rings. The molecule has 0 saturated heterocycles. The van der Waals surface area contributed by atoms with E-state index in [2.05, 4.69) is 24.3 Å². The molecule has 110 valence electrons. The molecule has 0 radical (unpaired) electrons. The zero-order chi connectivity index (χ0) is 12.8. The molecule has 2 nitrogen and oxygen atoms in total. The third kappa shape index (κ3) is 5.20. The lowest BCUT2D eigenvalue weighted by Gasteiger charge is -2.08. The minimum Gasteiger partial charge on any atom is -0.326 e. The molecule has 4 N–H and O–H groups in total. The smallest absolute Gasteiger partial charge is 0.0231 e. The van der Waals surface area contributed by atoms with E-state index in [1.54, 1.807) is 21.6 Å². The maximum absolute atomic E-state index is 5.73. The summed E-state index contributed by atoms with van der Waals surface area (Å²) < 4.78 is 0. The fourth-order valence-corrected chi connectivity index (χ4v) is 4.08. The molecule has 0 spiro atoms. The normalized spacial score (nSPS) is 9.50. The highest BCUT2D eigenvalue weighted by Gasteiger charge is 2.05. The van der Waals surface area contributed by atoms with Gasteiger partial charge < -0.3 is 11.5 Å². The van der Waals surface area contributed by atoms with E-state index in [1.165, 1.54) is 20.9 Å². The Balaban J connectivity index is 0.00000180. The summed E-state index contributed by atoms with van der Waals surface area (Å²) in [5.74, 6) is 0. The summed E-state index contributed by atoms with van der Waals surface area (Å²) in [5, 5.41) is 0. The molecular weight excluding hydrogens is 331 g/mol. The first-order valence-electron chi connectivity index (χ1n) is 5.75. The second-order valence-corrected chi connectivity index (χ2v) is 6.00. The molecule has 2 aromatic carbocycles. The zero-order valence-corrected chi connectivity index (χ0v) is 14.1. The van der Waals surface area contributed by atoms with Crippen LogP contribution in [0.3, 0.4) is 0 Å². The second kappa shape index (κ2) is 10.4. The maximum atomic E-state index is 5.73. The van der Waals surface area contributed by atoms with Gasteiger partial charge in [-0.15, -0.1) is 24.8 Å². The summed E-state index contributed by atoms with van der Waals surface area (Å²) in [6, 6.07) is 16.5. The highest BCUT2D eigenvalue weighted by molar-refractivity contribution is 8.76. The van der Waals surface area contributed by atoms with Gasteiger partial charge in [-0.3, -0.25) is 0 Å². The molecule has 0 aliphatic heterocycles. The average Bonchev–Trinajstić information content (AvgIpc) is 2.45. The molecule has 20 heavy (non-hydrogen) atoms. The van der Waals surface area contributed by atoms with Gasteiger partial charge in [0.05, 0.1) is 0 Å². The predicted octanol–water partition coefficient (Wildman–Crippen LogP) is 4.25. The number of benzene rings is 2. The zero-order valence-electron chi connectivity index (χ0n) is 10.8. The Kier molecular flexibility index (Phi) is 10.2. The lowest BCUT2D eigenvalue weighted by atomic mass is 10.2. The van der Waals surface area contributed by atoms with Gasteiger partial charge in [-0.2, -0.15) is 0 Å². The van der Waals surface area contributed by atoms with E-state index >= 15 is 0 Å². The highest BCUT2D eigenvalue weighted by Crippen LogP contribution is 2.40. The number of hydrogen-bond acceptors (Lipinski definition) is 4. The van der Waals surface area contributed by atoms with Crippen molar-refractivity contribution in [2.45, 2.75) is 22.9 Å². The van der Waals surface area contributed by atoms with E-state index in [9.17, 15) is 0 Å². The molecule has 0 heterocycles. The van der Waals surface area contributed by atoms with Crippen LogP contribution in [-0.4, -0.2) is 0 Å². The molecule has 0 amide bonds. The minimum absolute atomic E-state index is 0. The maximum Gasteiger partial charge on any atom is 0.0231 e. The summed E-state index contributed by atoms with van der Waals surface area (Å²) in [6.07, 6.45) is 0. The molecule has 0 unspecified atom stereocenters. The summed E-state index contributed by atoms with van der Waals surface area (Å²) in [5.41, 5.74) is 13.8. The van der Waals surface area contributed by atoms with Crippen LogP contribution in [0.2, 0.25) is 0 Å². The van der Waals surface area contributed by atoms with Crippen molar-refractivity contribution in [2.75, 3.05) is 0 Å². The van der Waals surface area contributed by atoms with Gasteiger partial charge in [-0.1, -0.05) is 58.0 Å². The Morgan fingerprint density at radius 1 is 0.650 bits per heavy atom. The monoisotopic (exact) mass is 348 g/mol. The van der Waals surface area contributed by atoms with Crippen molar-refractivity contribution in [1.82, 2.24) is 0 Å². The molecule has 0 bridgehead atoms. The van der Waals surface area contributed by atoms with E-state index in [0.29, 0.717) is 13.1 Å². The van der Waals surface area contributed by atoms with Crippen LogP contribution in [0.1, 0.15) is 11.1 Å². The number of rotatable bonds is 5. The van der Waals surface area contributed by atoms with Gasteiger partial charge in [0.1, 0.15) is 0 Å². The SMILES string of the molecule is Cl.Cl.NCc1ccccc1SSc1ccccc1CN. The quantitative estimate of drug-likeness (QED) is 0.793. The van der Waals surface area contributed by atoms with Crippen molar-refractivity contribution in [2.24, 2.45) is 11.5 Å². The molecule has 0 atom stereocenters.